The molecule has 0 spiro atoms. The van der Waals surface area contributed by atoms with E-state index in [-0.39, 0.29) is 5.60 Å². The van der Waals surface area contributed by atoms with E-state index in [9.17, 15) is 0 Å². The Kier molecular flexibility index (Phi) is 8.04. The van der Waals surface area contributed by atoms with Crippen LogP contribution in [0.1, 0.15) is 47.0 Å². The number of likely N-dealkylation sites (tertiary alicyclic amines) is 1. The molecule has 1 saturated heterocycles. The standard InChI is InChI=1S/C16H34N4O/c1-6-17-15(19-13-16(3,4)21-5)18-12-14-10-8-9-11-20(14)7-2/h14H,6-13H2,1-5H3,(H2,17,18,19). The maximum absolute atomic E-state index is 5.42. The van der Waals surface area contributed by atoms with Gasteiger partial charge in [-0.2, -0.15) is 0 Å². The molecule has 0 aliphatic carbocycles. The Bertz CT molecular complexity index is 317. The third kappa shape index (κ3) is 6.66. The minimum absolute atomic E-state index is 0.220. The number of rotatable bonds is 7. The minimum atomic E-state index is -0.220. The van der Waals surface area contributed by atoms with Crippen LogP contribution in [0.3, 0.4) is 0 Å². The highest BCUT2D eigenvalue weighted by atomic mass is 16.5. The van der Waals surface area contributed by atoms with Gasteiger partial charge in [-0.15, -0.1) is 0 Å². The van der Waals surface area contributed by atoms with Gasteiger partial charge in [0.15, 0.2) is 5.96 Å². The molecule has 1 aliphatic heterocycles. The van der Waals surface area contributed by atoms with Crippen LogP contribution >= 0.6 is 0 Å². The maximum atomic E-state index is 5.42. The number of likely N-dealkylation sites (N-methyl/N-ethyl adjacent to an activating group) is 1. The largest absolute Gasteiger partial charge is 0.377 e. The molecule has 5 heteroatoms. The van der Waals surface area contributed by atoms with Crippen molar-refractivity contribution in [1.29, 1.82) is 0 Å². The van der Waals surface area contributed by atoms with Crippen molar-refractivity contribution < 1.29 is 4.74 Å². The molecular formula is C16H34N4O. The van der Waals surface area contributed by atoms with Gasteiger partial charge in [-0.1, -0.05) is 13.3 Å². The average Bonchev–Trinajstić information content (AvgIpc) is 2.50. The monoisotopic (exact) mass is 298 g/mol. The van der Waals surface area contributed by atoms with Crippen LogP contribution in [0.5, 0.6) is 0 Å². The summed E-state index contributed by atoms with van der Waals surface area (Å²) in [6, 6.07) is 0.628. The lowest BCUT2D eigenvalue weighted by Crippen LogP contribution is -2.49. The van der Waals surface area contributed by atoms with Gasteiger partial charge >= 0.3 is 0 Å². The van der Waals surface area contributed by atoms with E-state index < -0.39 is 0 Å². The predicted octanol–water partition coefficient (Wildman–Crippen LogP) is 1.84. The fraction of sp³-hybridized carbons (Fsp3) is 0.938. The Hall–Kier alpha value is -0.810. The second kappa shape index (κ2) is 9.26. The van der Waals surface area contributed by atoms with Gasteiger partial charge in [0.05, 0.1) is 12.1 Å². The van der Waals surface area contributed by atoms with Crippen molar-refractivity contribution in [3.63, 3.8) is 0 Å². The van der Waals surface area contributed by atoms with Crippen LogP contribution in [0.2, 0.25) is 0 Å². The van der Waals surface area contributed by atoms with E-state index in [1.54, 1.807) is 7.11 Å². The number of nitrogens with one attached hydrogen (secondary N) is 2. The Labute approximate surface area is 130 Å². The molecule has 1 atom stereocenters. The summed E-state index contributed by atoms with van der Waals surface area (Å²) in [6.07, 6.45) is 3.96. The van der Waals surface area contributed by atoms with E-state index >= 15 is 0 Å². The highest BCUT2D eigenvalue weighted by Gasteiger charge is 2.21. The van der Waals surface area contributed by atoms with Crippen LogP contribution in [-0.4, -0.2) is 62.3 Å². The average molecular weight is 298 g/mol. The Morgan fingerprint density at radius 2 is 2.05 bits per heavy atom. The van der Waals surface area contributed by atoms with E-state index in [2.05, 4.69) is 48.2 Å². The van der Waals surface area contributed by atoms with Crippen molar-refractivity contribution in [2.45, 2.75) is 58.6 Å². The van der Waals surface area contributed by atoms with Gasteiger partial charge in [0.2, 0.25) is 0 Å². The van der Waals surface area contributed by atoms with Gasteiger partial charge in [-0.25, -0.2) is 0 Å². The van der Waals surface area contributed by atoms with E-state index in [4.69, 9.17) is 4.74 Å². The first-order chi connectivity index (χ1) is 10.0. The Morgan fingerprint density at radius 3 is 2.67 bits per heavy atom. The van der Waals surface area contributed by atoms with Crippen LogP contribution in [0.25, 0.3) is 0 Å². The molecule has 0 aromatic carbocycles. The third-order valence-corrected chi connectivity index (χ3v) is 4.18. The molecule has 0 amide bonds. The lowest BCUT2D eigenvalue weighted by Gasteiger charge is -2.35. The van der Waals surface area contributed by atoms with E-state index in [0.29, 0.717) is 12.6 Å². The second-order valence-corrected chi connectivity index (χ2v) is 6.32. The lowest BCUT2D eigenvalue weighted by molar-refractivity contribution is 0.0310. The molecule has 21 heavy (non-hydrogen) atoms. The summed E-state index contributed by atoms with van der Waals surface area (Å²) in [4.78, 5) is 7.21. The summed E-state index contributed by atoms with van der Waals surface area (Å²) in [6.45, 7) is 13.3. The molecule has 0 radical (unpaired) electrons. The number of guanidine groups is 1. The van der Waals surface area contributed by atoms with E-state index in [0.717, 1.165) is 25.6 Å². The fourth-order valence-electron chi connectivity index (χ4n) is 2.60. The molecule has 2 N–H and O–H groups in total. The highest BCUT2D eigenvalue weighted by Crippen LogP contribution is 2.15. The maximum Gasteiger partial charge on any atom is 0.191 e. The van der Waals surface area contributed by atoms with Crippen molar-refractivity contribution in [2.75, 3.05) is 39.8 Å². The molecule has 1 fully saturated rings. The van der Waals surface area contributed by atoms with Crippen molar-refractivity contribution in [3.8, 4) is 0 Å². The van der Waals surface area contributed by atoms with Crippen molar-refractivity contribution >= 4 is 5.96 Å². The van der Waals surface area contributed by atoms with Crippen LogP contribution in [0.4, 0.5) is 0 Å². The number of ether oxygens (including phenoxy) is 1. The number of piperidine rings is 1. The number of methoxy groups -OCH3 is 1. The number of hydrogen-bond donors (Lipinski definition) is 2. The van der Waals surface area contributed by atoms with Crippen molar-refractivity contribution in [3.05, 3.63) is 0 Å². The summed E-state index contributed by atoms with van der Waals surface area (Å²) < 4.78 is 5.42. The summed E-state index contributed by atoms with van der Waals surface area (Å²) in [7, 11) is 1.73. The third-order valence-electron chi connectivity index (χ3n) is 4.18. The molecule has 0 aromatic heterocycles. The minimum Gasteiger partial charge on any atom is -0.377 e. The topological polar surface area (TPSA) is 48.9 Å². The van der Waals surface area contributed by atoms with Crippen LogP contribution in [0.15, 0.2) is 4.99 Å². The van der Waals surface area contributed by atoms with Crippen LogP contribution in [0, 0.1) is 0 Å². The number of nitrogens with zero attached hydrogens (tertiary/aromatic N) is 2. The van der Waals surface area contributed by atoms with Gasteiger partial charge in [-0.3, -0.25) is 9.89 Å². The van der Waals surface area contributed by atoms with Crippen molar-refractivity contribution in [2.24, 2.45) is 4.99 Å². The molecule has 0 saturated carbocycles. The molecular weight excluding hydrogens is 264 g/mol. The van der Waals surface area contributed by atoms with Gasteiger partial charge in [0, 0.05) is 26.2 Å². The van der Waals surface area contributed by atoms with Gasteiger partial charge < -0.3 is 15.4 Å². The number of aliphatic imine (C=N–C) groups is 1. The quantitative estimate of drug-likeness (QED) is 0.556. The summed E-state index contributed by atoms with van der Waals surface area (Å²) in [5.74, 6) is 0.893. The van der Waals surface area contributed by atoms with Gasteiger partial charge in [0.1, 0.15) is 0 Å². The zero-order valence-corrected chi connectivity index (χ0v) is 14.5. The van der Waals surface area contributed by atoms with Crippen molar-refractivity contribution in [1.82, 2.24) is 15.5 Å². The normalized spacial score (nSPS) is 21.4. The molecule has 1 unspecified atom stereocenters. The van der Waals surface area contributed by atoms with Crippen LogP contribution in [-0.2, 0) is 4.74 Å². The predicted molar refractivity (Wildman–Crippen MR) is 90.0 cm³/mol. The number of hydrogen-bond acceptors (Lipinski definition) is 3. The first-order valence-electron chi connectivity index (χ1n) is 8.33. The molecule has 1 heterocycles. The smallest absolute Gasteiger partial charge is 0.191 e. The van der Waals surface area contributed by atoms with Gasteiger partial charge in [0.25, 0.3) is 0 Å². The highest BCUT2D eigenvalue weighted by molar-refractivity contribution is 5.79. The zero-order valence-electron chi connectivity index (χ0n) is 14.5. The molecule has 5 nitrogen and oxygen atoms in total. The molecule has 124 valence electrons. The molecule has 1 rings (SSSR count). The molecule has 1 aliphatic rings. The zero-order chi connectivity index (χ0) is 15.7. The Balaban J connectivity index is 2.51. The molecule has 0 bridgehead atoms. The summed E-state index contributed by atoms with van der Waals surface area (Å²) in [5.41, 5.74) is -0.220. The second-order valence-electron chi connectivity index (χ2n) is 6.32. The molecule has 0 aromatic rings. The van der Waals surface area contributed by atoms with E-state index in [1.165, 1.54) is 25.8 Å². The van der Waals surface area contributed by atoms with Crippen LogP contribution < -0.4 is 10.6 Å². The van der Waals surface area contributed by atoms with E-state index in [1.807, 2.05) is 0 Å². The summed E-state index contributed by atoms with van der Waals surface area (Å²) in [5, 5.41) is 6.81. The summed E-state index contributed by atoms with van der Waals surface area (Å²) >= 11 is 0. The van der Waals surface area contributed by atoms with Gasteiger partial charge in [-0.05, 0) is 46.7 Å². The Morgan fingerprint density at radius 1 is 1.29 bits per heavy atom. The fourth-order valence-corrected chi connectivity index (χ4v) is 2.60. The first-order valence-corrected chi connectivity index (χ1v) is 8.33. The first kappa shape index (κ1) is 18.2. The SMILES string of the molecule is CCNC(=NCC(C)(C)OC)NCC1CCCCN1CC. The lowest BCUT2D eigenvalue weighted by atomic mass is 10.0.